The molecule has 1 rings (SSSR count). The van der Waals surface area contributed by atoms with Gasteiger partial charge in [-0.1, -0.05) is 0 Å². The van der Waals surface area contributed by atoms with Crippen LogP contribution in [0.4, 0.5) is 0 Å². The molecule has 0 saturated carbocycles. The Morgan fingerprint density at radius 2 is 2.46 bits per heavy atom. The first-order chi connectivity index (χ1) is 6.24. The maximum Gasteiger partial charge on any atom is 0.261 e. The Morgan fingerprint density at radius 3 is 3.00 bits per heavy atom. The molecule has 0 radical (unpaired) electrons. The minimum atomic E-state index is -0.0984. The molecular formula is C8H11NO2S2. The third-order valence-electron chi connectivity index (χ3n) is 1.43. The Kier molecular flexibility index (Phi) is 4.27. The van der Waals surface area contributed by atoms with Gasteiger partial charge in [-0.3, -0.25) is 4.79 Å². The van der Waals surface area contributed by atoms with Crippen molar-refractivity contribution in [3.8, 4) is 0 Å². The second-order valence-corrected chi connectivity index (χ2v) is 3.93. The summed E-state index contributed by atoms with van der Waals surface area (Å²) in [6, 6.07) is 1.72. The van der Waals surface area contributed by atoms with E-state index in [1.807, 2.05) is 5.38 Å². The summed E-state index contributed by atoms with van der Waals surface area (Å²) in [7, 11) is 0. The van der Waals surface area contributed by atoms with Crippen LogP contribution in [0.5, 0.6) is 0 Å². The number of thiol groups is 1. The quantitative estimate of drug-likeness (QED) is 0.523. The highest BCUT2D eigenvalue weighted by Crippen LogP contribution is 2.17. The molecule has 2 N–H and O–H groups in total. The van der Waals surface area contributed by atoms with Crippen molar-refractivity contribution < 1.29 is 9.90 Å². The lowest BCUT2D eigenvalue weighted by molar-refractivity contribution is 0.0955. The van der Waals surface area contributed by atoms with E-state index in [0.717, 1.165) is 4.90 Å². The molecule has 0 aliphatic carbocycles. The maximum atomic E-state index is 11.3. The average molecular weight is 217 g/mol. The van der Waals surface area contributed by atoms with Crippen molar-refractivity contribution in [2.75, 3.05) is 13.2 Å². The van der Waals surface area contributed by atoms with Gasteiger partial charge in [-0.2, -0.15) is 0 Å². The van der Waals surface area contributed by atoms with Gasteiger partial charge in [0.2, 0.25) is 0 Å². The lowest BCUT2D eigenvalue weighted by Crippen LogP contribution is -2.24. The molecule has 1 aromatic heterocycles. The molecule has 0 atom stereocenters. The minimum Gasteiger partial charge on any atom is -0.396 e. The highest BCUT2D eigenvalue weighted by molar-refractivity contribution is 7.80. The number of hydrogen-bond acceptors (Lipinski definition) is 4. The van der Waals surface area contributed by atoms with Gasteiger partial charge < -0.3 is 10.4 Å². The Labute approximate surface area is 86.2 Å². The van der Waals surface area contributed by atoms with Crippen molar-refractivity contribution in [3.05, 3.63) is 16.3 Å². The van der Waals surface area contributed by atoms with Crippen LogP contribution in [0.1, 0.15) is 16.1 Å². The highest BCUT2D eigenvalue weighted by atomic mass is 32.1. The van der Waals surface area contributed by atoms with Gasteiger partial charge in [-0.05, 0) is 12.5 Å². The minimum absolute atomic E-state index is 0.0984. The second-order valence-electron chi connectivity index (χ2n) is 2.50. The van der Waals surface area contributed by atoms with E-state index in [9.17, 15) is 4.79 Å². The van der Waals surface area contributed by atoms with Crippen molar-refractivity contribution in [1.29, 1.82) is 0 Å². The lowest BCUT2D eigenvalue weighted by Gasteiger charge is -2.00. The zero-order valence-corrected chi connectivity index (χ0v) is 8.70. The van der Waals surface area contributed by atoms with E-state index in [-0.39, 0.29) is 12.5 Å². The van der Waals surface area contributed by atoms with Crippen molar-refractivity contribution in [1.82, 2.24) is 5.32 Å². The number of nitrogens with one attached hydrogen (secondary N) is 1. The van der Waals surface area contributed by atoms with Crippen molar-refractivity contribution >= 4 is 29.9 Å². The molecule has 1 amide bonds. The van der Waals surface area contributed by atoms with Crippen LogP contribution < -0.4 is 5.32 Å². The molecule has 0 aromatic carbocycles. The van der Waals surface area contributed by atoms with Crippen molar-refractivity contribution in [3.63, 3.8) is 0 Å². The molecule has 0 saturated heterocycles. The van der Waals surface area contributed by atoms with Crippen LogP contribution in [0.25, 0.3) is 0 Å². The Hall–Kier alpha value is -0.520. The summed E-state index contributed by atoms with van der Waals surface area (Å²) in [6.45, 7) is 0.609. The predicted octanol–water partition coefficient (Wildman–Crippen LogP) is 1.15. The van der Waals surface area contributed by atoms with E-state index in [1.165, 1.54) is 11.3 Å². The third kappa shape index (κ3) is 3.38. The van der Waals surface area contributed by atoms with Crippen molar-refractivity contribution in [2.24, 2.45) is 0 Å². The SMILES string of the molecule is O=C(NCCCO)c1cc(S)cs1. The number of hydrogen-bond donors (Lipinski definition) is 3. The van der Waals surface area contributed by atoms with Crippen LogP contribution in [-0.2, 0) is 0 Å². The maximum absolute atomic E-state index is 11.3. The van der Waals surface area contributed by atoms with E-state index in [4.69, 9.17) is 5.11 Å². The molecule has 0 spiro atoms. The number of rotatable bonds is 4. The standard InChI is InChI=1S/C8H11NO2S2/c10-3-1-2-9-8(11)7-4-6(12)5-13-7/h4-5,10,12H,1-3H2,(H,9,11). The zero-order chi connectivity index (χ0) is 9.68. The monoisotopic (exact) mass is 217 g/mol. The average Bonchev–Trinajstić information content (AvgIpc) is 2.52. The summed E-state index contributed by atoms with van der Waals surface area (Å²) in [5, 5.41) is 13.0. The fraction of sp³-hybridized carbons (Fsp3) is 0.375. The first-order valence-corrected chi connectivity index (χ1v) is 5.23. The van der Waals surface area contributed by atoms with E-state index in [1.54, 1.807) is 6.07 Å². The molecular weight excluding hydrogens is 206 g/mol. The number of thiophene rings is 1. The summed E-state index contributed by atoms with van der Waals surface area (Å²) < 4.78 is 0. The largest absolute Gasteiger partial charge is 0.396 e. The van der Waals surface area contributed by atoms with Crippen LogP contribution in [0.2, 0.25) is 0 Å². The van der Waals surface area contributed by atoms with Gasteiger partial charge >= 0.3 is 0 Å². The van der Waals surface area contributed by atoms with Gasteiger partial charge in [0.05, 0.1) is 4.88 Å². The third-order valence-corrected chi connectivity index (χ3v) is 2.79. The summed E-state index contributed by atoms with van der Waals surface area (Å²) >= 11 is 5.46. The first-order valence-electron chi connectivity index (χ1n) is 3.90. The zero-order valence-electron chi connectivity index (χ0n) is 6.99. The second kappa shape index (κ2) is 5.26. The molecule has 72 valence electrons. The molecule has 1 heterocycles. The van der Waals surface area contributed by atoms with E-state index >= 15 is 0 Å². The Bertz CT molecular complexity index is 285. The van der Waals surface area contributed by atoms with E-state index < -0.39 is 0 Å². The van der Waals surface area contributed by atoms with Crippen LogP contribution in [0, 0.1) is 0 Å². The summed E-state index contributed by atoms with van der Waals surface area (Å²) in [4.78, 5) is 12.8. The number of aliphatic hydroxyl groups is 1. The van der Waals surface area contributed by atoms with Crippen LogP contribution in [0.3, 0.4) is 0 Å². The number of carbonyl (C=O) groups excluding carboxylic acids is 1. The summed E-state index contributed by atoms with van der Waals surface area (Å²) in [5.74, 6) is -0.0984. The molecule has 5 heteroatoms. The predicted molar refractivity (Wildman–Crippen MR) is 55.6 cm³/mol. The Morgan fingerprint density at radius 1 is 1.69 bits per heavy atom. The molecule has 13 heavy (non-hydrogen) atoms. The van der Waals surface area contributed by atoms with Gasteiger partial charge in [-0.15, -0.1) is 24.0 Å². The Balaban J connectivity index is 2.40. The molecule has 0 fully saturated rings. The smallest absolute Gasteiger partial charge is 0.261 e. The fourth-order valence-corrected chi connectivity index (χ4v) is 1.88. The number of amides is 1. The van der Waals surface area contributed by atoms with Crippen LogP contribution in [-0.4, -0.2) is 24.2 Å². The highest BCUT2D eigenvalue weighted by Gasteiger charge is 2.06. The molecule has 1 aromatic rings. The fourth-order valence-electron chi connectivity index (χ4n) is 0.813. The van der Waals surface area contributed by atoms with E-state index in [2.05, 4.69) is 17.9 Å². The lowest BCUT2D eigenvalue weighted by atomic mass is 10.4. The summed E-state index contributed by atoms with van der Waals surface area (Å²) in [6.07, 6.45) is 0.588. The molecule has 0 unspecified atom stereocenters. The molecule has 0 aliphatic rings. The molecule has 0 aliphatic heterocycles. The molecule has 3 nitrogen and oxygen atoms in total. The van der Waals surface area contributed by atoms with Crippen LogP contribution in [0.15, 0.2) is 16.3 Å². The first kappa shape index (κ1) is 10.6. The summed E-state index contributed by atoms with van der Waals surface area (Å²) in [5.41, 5.74) is 0. The normalized spacial score (nSPS) is 10.0. The number of carbonyl (C=O) groups is 1. The van der Waals surface area contributed by atoms with Gasteiger partial charge in [0.15, 0.2) is 0 Å². The van der Waals surface area contributed by atoms with E-state index in [0.29, 0.717) is 17.8 Å². The van der Waals surface area contributed by atoms with Crippen molar-refractivity contribution in [2.45, 2.75) is 11.3 Å². The topological polar surface area (TPSA) is 49.3 Å². The molecule has 0 bridgehead atoms. The van der Waals surface area contributed by atoms with Gasteiger partial charge in [-0.25, -0.2) is 0 Å². The number of aliphatic hydroxyl groups excluding tert-OH is 1. The van der Waals surface area contributed by atoms with Crippen LogP contribution >= 0.6 is 24.0 Å². The van der Waals surface area contributed by atoms with Gasteiger partial charge in [0, 0.05) is 23.4 Å². The van der Waals surface area contributed by atoms with Gasteiger partial charge in [0.25, 0.3) is 5.91 Å². The van der Waals surface area contributed by atoms with Gasteiger partial charge in [0.1, 0.15) is 0 Å².